The number of pyridine rings is 2. The Labute approximate surface area is 171 Å². The summed E-state index contributed by atoms with van der Waals surface area (Å²) in [7, 11) is 1.88. The lowest BCUT2D eigenvalue weighted by Gasteiger charge is -2.14. The van der Waals surface area contributed by atoms with Crippen LogP contribution in [0.4, 0.5) is 11.4 Å². The summed E-state index contributed by atoms with van der Waals surface area (Å²) >= 11 is 3.52. The van der Waals surface area contributed by atoms with Gasteiger partial charge in [0.15, 0.2) is 5.78 Å². The van der Waals surface area contributed by atoms with Crippen LogP contribution < -0.4 is 15.4 Å². The number of Topliss-reactive ketones (excluding diaryl/α,β-unsaturated/α-hetero) is 1. The number of nitrogens with one attached hydrogen (secondary N) is 2. The molecule has 1 saturated carbocycles. The Balaban J connectivity index is 1.67. The minimum absolute atomic E-state index is 0.119. The van der Waals surface area contributed by atoms with Crippen LogP contribution in [0.2, 0.25) is 0 Å². The molecule has 0 radical (unpaired) electrons. The van der Waals surface area contributed by atoms with Crippen molar-refractivity contribution in [3.63, 3.8) is 0 Å². The first-order chi connectivity index (χ1) is 13.7. The van der Waals surface area contributed by atoms with Gasteiger partial charge in [0, 0.05) is 34.6 Å². The highest BCUT2D eigenvalue weighted by Crippen LogP contribution is 2.38. The van der Waals surface area contributed by atoms with E-state index in [9.17, 15) is 4.79 Å². The third-order valence-corrected chi connectivity index (χ3v) is 5.14. The maximum Gasteiger partial charge on any atom is 0.213 e. The summed E-state index contributed by atoms with van der Waals surface area (Å²) in [6.45, 7) is 1.31. The van der Waals surface area contributed by atoms with Gasteiger partial charge < -0.3 is 15.4 Å². The van der Waals surface area contributed by atoms with Crippen molar-refractivity contribution in [2.45, 2.75) is 12.8 Å². The fourth-order valence-corrected chi connectivity index (χ4v) is 3.35. The number of hydrogen-bond acceptors (Lipinski definition) is 6. The molecule has 144 valence electrons. The summed E-state index contributed by atoms with van der Waals surface area (Å²) in [6, 6.07) is 9.58. The van der Waals surface area contributed by atoms with E-state index in [4.69, 9.17) is 4.74 Å². The lowest BCUT2D eigenvalue weighted by atomic mass is 10.0. The van der Waals surface area contributed by atoms with Crippen LogP contribution in [0.1, 0.15) is 23.2 Å². The second-order valence-corrected chi connectivity index (χ2v) is 7.72. The average molecular weight is 441 g/mol. The van der Waals surface area contributed by atoms with E-state index in [1.165, 1.54) is 0 Å². The number of halogens is 1. The number of benzene rings is 1. The topological polar surface area (TPSA) is 76.1 Å². The predicted molar refractivity (Wildman–Crippen MR) is 113 cm³/mol. The van der Waals surface area contributed by atoms with Gasteiger partial charge >= 0.3 is 0 Å². The highest BCUT2D eigenvalue weighted by atomic mass is 79.9. The normalized spacial score (nSPS) is 13.5. The Bertz CT molecular complexity index is 1000. The first-order valence-electron chi connectivity index (χ1n) is 9.28. The molecule has 0 bridgehead atoms. The van der Waals surface area contributed by atoms with Gasteiger partial charge in [-0.1, -0.05) is 15.9 Å². The fraction of sp³-hybridized carbons (Fsp3) is 0.286. The standard InChI is InChI=1S/C21H21BrN4O2/c1-23-8-9-28-19-7-5-15(11-25-19)26-20-16-10-14(22)4-6-18(16)24-12-17(20)21(27)13-2-3-13/h4-7,10-13,23H,2-3,8-9H2,1H3,(H,24,26). The Morgan fingerprint density at radius 2 is 2.07 bits per heavy atom. The zero-order chi connectivity index (χ0) is 19.5. The number of carbonyl (C=O) groups excluding carboxylic acids is 1. The van der Waals surface area contributed by atoms with Gasteiger partial charge in [-0.3, -0.25) is 9.78 Å². The Hall–Kier alpha value is -2.51. The first-order valence-corrected chi connectivity index (χ1v) is 10.1. The SMILES string of the molecule is CNCCOc1ccc(Nc2c(C(=O)C3CC3)cnc3ccc(Br)cc23)cn1. The molecule has 1 fully saturated rings. The number of ketones is 1. The van der Waals surface area contributed by atoms with Crippen LogP contribution in [-0.2, 0) is 0 Å². The number of anilines is 2. The lowest BCUT2D eigenvalue weighted by Crippen LogP contribution is -2.16. The number of carbonyl (C=O) groups is 1. The zero-order valence-electron chi connectivity index (χ0n) is 15.5. The zero-order valence-corrected chi connectivity index (χ0v) is 17.1. The number of likely N-dealkylation sites (N-methyl/N-ethyl adjacent to an activating group) is 1. The Morgan fingerprint density at radius 1 is 1.21 bits per heavy atom. The second-order valence-electron chi connectivity index (χ2n) is 6.81. The molecule has 28 heavy (non-hydrogen) atoms. The van der Waals surface area contributed by atoms with Crippen LogP contribution in [0.25, 0.3) is 10.9 Å². The minimum atomic E-state index is 0.119. The molecular weight excluding hydrogens is 420 g/mol. The molecular formula is C21H21BrN4O2. The quantitative estimate of drug-likeness (QED) is 0.401. The van der Waals surface area contributed by atoms with Crippen molar-refractivity contribution in [1.29, 1.82) is 0 Å². The number of fused-ring (bicyclic) bond motifs is 1. The van der Waals surface area contributed by atoms with Gasteiger partial charge in [0.1, 0.15) is 6.61 Å². The van der Waals surface area contributed by atoms with Gasteiger partial charge in [-0.15, -0.1) is 0 Å². The first kappa shape index (κ1) is 18.8. The minimum Gasteiger partial charge on any atom is -0.476 e. The monoisotopic (exact) mass is 440 g/mol. The Kier molecular flexibility index (Phi) is 5.54. The van der Waals surface area contributed by atoms with Crippen molar-refractivity contribution in [2.75, 3.05) is 25.5 Å². The summed E-state index contributed by atoms with van der Waals surface area (Å²) < 4.78 is 6.50. The van der Waals surface area contributed by atoms with E-state index >= 15 is 0 Å². The molecule has 0 saturated heterocycles. The maximum atomic E-state index is 12.8. The van der Waals surface area contributed by atoms with Crippen molar-refractivity contribution in [3.05, 3.63) is 52.8 Å². The van der Waals surface area contributed by atoms with Gasteiger partial charge in [0.05, 0.1) is 28.7 Å². The highest BCUT2D eigenvalue weighted by Gasteiger charge is 2.32. The van der Waals surface area contributed by atoms with Gasteiger partial charge in [-0.05, 0) is 44.2 Å². The molecule has 2 aromatic heterocycles. The summed E-state index contributed by atoms with van der Waals surface area (Å²) in [5.41, 5.74) is 3.02. The van der Waals surface area contributed by atoms with E-state index in [2.05, 4.69) is 36.5 Å². The van der Waals surface area contributed by atoms with Gasteiger partial charge in [-0.2, -0.15) is 0 Å². The van der Waals surface area contributed by atoms with Crippen molar-refractivity contribution < 1.29 is 9.53 Å². The van der Waals surface area contributed by atoms with Crippen LogP contribution in [0.5, 0.6) is 5.88 Å². The fourth-order valence-electron chi connectivity index (χ4n) is 2.99. The van der Waals surface area contributed by atoms with E-state index in [0.717, 1.165) is 46.1 Å². The molecule has 0 unspecified atom stereocenters. The smallest absolute Gasteiger partial charge is 0.213 e. The van der Waals surface area contributed by atoms with Crippen molar-refractivity contribution in [3.8, 4) is 5.88 Å². The molecule has 2 heterocycles. The second kappa shape index (κ2) is 8.24. The molecule has 2 N–H and O–H groups in total. The summed E-state index contributed by atoms with van der Waals surface area (Å²) in [5.74, 6) is 0.835. The number of rotatable bonds is 8. The predicted octanol–water partition coefficient (Wildman–Crippen LogP) is 4.33. The van der Waals surface area contributed by atoms with E-state index in [1.54, 1.807) is 12.4 Å². The summed E-state index contributed by atoms with van der Waals surface area (Å²) in [4.78, 5) is 21.6. The largest absolute Gasteiger partial charge is 0.476 e. The molecule has 1 aromatic carbocycles. The van der Waals surface area contributed by atoms with E-state index in [0.29, 0.717) is 18.1 Å². The van der Waals surface area contributed by atoms with Crippen molar-refractivity contribution in [1.82, 2.24) is 15.3 Å². The molecule has 6 nitrogen and oxygen atoms in total. The third kappa shape index (κ3) is 4.15. The molecule has 0 atom stereocenters. The number of nitrogens with zero attached hydrogens (tertiary/aromatic N) is 2. The van der Waals surface area contributed by atoms with E-state index < -0.39 is 0 Å². The van der Waals surface area contributed by atoms with Crippen LogP contribution in [0.15, 0.2) is 47.2 Å². The van der Waals surface area contributed by atoms with Crippen molar-refractivity contribution in [2.24, 2.45) is 5.92 Å². The highest BCUT2D eigenvalue weighted by molar-refractivity contribution is 9.10. The molecule has 7 heteroatoms. The van der Waals surface area contributed by atoms with E-state index in [-0.39, 0.29) is 11.7 Å². The number of aromatic nitrogens is 2. The maximum absolute atomic E-state index is 12.8. The molecule has 1 aliphatic carbocycles. The molecule has 0 aliphatic heterocycles. The van der Waals surface area contributed by atoms with Crippen LogP contribution >= 0.6 is 15.9 Å². The Morgan fingerprint density at radius 3 is 2.79 bits per heavy atom. The van der Waals surface area contributed by atoms with Gasteiger partial charge in [0.2, 0.25) is 5.88 Å². The third-order valence-electron chi connectivity index (χ3n) is 4.65. The van der Waals surface area contributed by atoms with Crippen LogP contribution in [0.3, 0.4) is 0 Å². The lowest BCUT2D eigenvalue weighted by molar-refractivity contribution is 0.0968. The van der Waals surface area contributed by atoms with Crippen LogP contribution in [-0.4, -0.2) is 36.0 Å². The molecule has 0 spiro atoms. The summed E-state index contributed by atoms with van der Waals surface area (Å²) in [6.07, 6.45) is 5.30. The van der Waals surface area contributed by atoms with E-state index in [1.807, 2.05) is 37.4 Å². The van der Waals surface area contributed by atoms with Gasteiger partial charge in [-0.25, -0.2) is 4.98 Å². The van der Waals surface area contributed by atoms with Gasteiger partial charge in [0.25, 0.3) is 0 Å². The molecule has 4 rings (SSSR count). The molecule has 3 aromatic rings. The van der Waals surface area contributed by atoms with Crippen LogP contribution in [0, 0.1) is 5.92 Å². The number of ether oxygens (including phenoxy) is 1. The average Bonchev–Trinajstić information content (AvgIpc) is 3.55. The summed E-state index contributed by atoms with van der Waals surface area (Å²) in [5, 5.41) is 7.31. The van der Waals surface area contributed by atoms with Crippen molar-refractivity contribution >= 4 is 44.0 Å². The molecule has 1 aliphatic rings. The molecule has 0 amide bonds. The number of hydrogen-bond donors (Lipinski definition) is 2.